The second kappa shape index (κ2) is 6.91. The summed E-state index contributed by atoms with van der Waals surface area (Å²) in [5, 5.41) is 11.4. The number of rotatable bonds is 5. The van der Waals surface area contributed by atoms with Gasteiger partial charge in [-0.2, -0.15) is 0 Å². The molecule has 0 aromatic heterocycles. The van der Waals surface area contributed by atoms with Crippen molar-refractivity contribution in [3.63, 3.8) is 0 Å². The smallest absolute Gasteiger partial charge is 0.236 e. The van der Waals surface area contributed by atoms with Crippen LogP contribution in [0.3, 0.4) is 0 Å². The average molecular weight is 276 g/mol. The van der Waals surface area contributed by atoms with E-state index in [1.807, 2.05) is 18.2 Å². The number of amides is 1. The molecule has 20 heavy (non-hydrogen) atoms. The minimum absolute atomic E-state index is 0.0953. The predicted molar refractivity (Wildman–Crippen MR) is 76.3 cm³/mol. The largest absolute Gasteiger partial charge is 0.409 e. The first kappa shape index (κ1) is 14.3. The summed E-state index contributed by atoms with van der Waals surface area (Å²) in [5.74, 6) is 0.252. The van der Waals surface area contributed by atoms with Crippen molar-refractivity contribution >= 4 is 11.7 Å². The fraction of sp³-hybridized carbons (Fsp3) is 0.429. The average Bonchev–Trinajstić information content (AvgIpc) is 2.47. The monoisotopic (exact) mass is 276 g/mol. The predicted octanol–water partition coefficient (Wildman–Crippen LogP) is 0.467. The lowest BCUT2D eigenvalue weighted by Crippen LogP contribution is -2.50. The molecule has 1 amide bonds. The number of piperazine rings is 1. The molecule has 1 aliphatic rings. The normalized spacial score (nSPS) is 17.5. The molecular formula is C14H20N4O2. The van der Waals surface area contributed by atoms with Crippen LogP contribution in [0.4, 0.5) is 0 Å². The Labute approximate surface area is 118 Å². The molecule has 1 saturated heterocycles. The number of nitrogens with two attached hydrogens (primary N) is 1. The maximum absolute atomic E-state index is 12.0. The van der Waals surface area contributed by atoms with Crippen molar-refractivity contribution in [2.24, 2.45) is 10.9 Å². The van der Waals surface area contributed by atoms with Gasteiger partial charge in [0.2, 0.25) is 5.91 Å². The van der Waals surface area contributed by atoms with E-state index < -0.39 is 0 Å². The number of carbonyl (C=O) groups is 1. The number of oxime groups is 1. The fourth-order valence-corrected chi connectivity index (χ4v) is 2.27. The molecule has 3 N–H and O–H groups in total. The Bertz CT molecular complexity index is 475. The van der Waals surface area contributed by atoms with E-state index in [0.717, 1.165) is 13.1 Å². The summed E-state index contributed by atoms with van der Waals surface area (Å²) in [6.07, 6.45) is 0.404. The zero-order valence-corrected chi connectivity index (χ0v) is 11.4. The van der Waals surface area contributed by atoms with Crippen LogP contribution in [0, 0.1) is 0 Å². The molecule has 0 aliphatic carbocycles. The van der Waals surface area contributed by atoms with Gasteiger partial charge >= 0.3 is 0 Å². The van der Waals surface area contributed by atoms with Gasteiger partial charge in [-0.15, -0.1) is 0 Å². The van der Waals surface area contributed by atoms with Crippen LogP contribution in [-0.4, -0.2) is 52.9 Å². The Balaban J connectivity index is 1.81. The third-order valence-corrected chi connectivity index (χ3v) is 3.41. The van der Waals surface area contributed by atoms with Crippen LogP contribution < -0.4 is 5.73 Å². The van der Waals surface area contributed by atoms with Crippen molar-refractivity contribution in [2.45, 2.75) is 13.0 Å². The minimum atomic E-state index is 0.0953. The summed E-state index contributed by atoms with van der Waals surface area (Å²) in [5.41, 5.74) is 6.63. The second-order valence-corrected chi connectivity index (χ2v) is 4.92. The molecule has 108 valence electrons. The van der Waals surface area contributed by atoms with Gasteiger partial charge in [0.1, 0.15) is 5.84 Å². The number of benzene rings is 1. The van der Waals surface area contributed by atoms with Crippen LogP contribution >= 0.6 is 0 Å². The van der Waals surface area contributed by atoms with E-state index in [2.05, 4.69) is 22.2 Å². The SMILES string of the molecule is N/C(CCN1CCN(Cc2ccccc2)CC1=O)=N\O. The van der Waals surface area contributed by atoms with E-state index in [1.54, 1.807) is 4.90 Å². The Morgan fingerprint density at radius 3 is 2.70 bits per heavy atom. The van der Waals surface area contributed by atoms with Crippen LogP contribution in [0.1, 0.15) is 12.0 Å². The first-order valence-electron chi connectivity index (χ1n) is 6.69. The Morgan fingerprint density at radius 1 is 1.30 bits per heavy atom. The number of amidine groups is 1. The van der Waals surface area contributed by atoms with Crippen LogP contribution in [-0.2, 0) is 11.3 Å². The van der Waals surface area contributed by atoms with Gasteiger partial charge in [-0.05, 0) is 5.56 Å². The zero-order valence-electron chi connectivity index (χ0n) is 11.4. The first-order valence-corrected chi connectivity index (χ1v) is 6.69. The first-order chi connectivity index (χ1) is 9.69. The van der Waals surface area contributed by atoms with E-state index in [1.165, 1.54) is 5.56 Å². The molecule has 6 nitrogen and oxygen atoms in total. The summed E-state index contributed by atoms with van der Waals surface area (Å²) in [6, 6.07) is 10.1. The molecule has 0 bridgehead atoms. The molecule has 1 fully saturated rings. The molecule has 1 aromatic carbocycles. The second-order valence-electron chi connectivity index (χ2n) is 4.92. The molecule has 6 heteroatoms. The lowest BCUT2D eigenvalue weighted by atomic mass is 10.2. The van der Waals surface area contributed by atoms with Crippen molar-refractivity contribution in [3.05, 3.63) is 35.9 Å². The number of nitrogens with zero attached hydrogens (tertiary/aromatic N) is 3. The highest BCUT2D eigenvalue weighted by Crippen LogP contribution is 2.09. The zero-order chi connectivity index (χ0) is 14.4. The molecule has 0 unspecified atom stereocenters. The molecule has 0 spiro atoms. The quantitative estimate of drug-likeness (QED) is 0.354. The van der Waals surface area contributed by atoms with Crippen LogP contribution in [0.5, 0.6) is 0 Å². The van der Waals surface area contributed by atoms with Crippen LogP contribution in [0.25, 0.3) is 0 Å². The molecule has 1 aliphatic heterocycles. The Hall–Kier alpha value is -2.08. The summed E-state index contributed by atoms with van der Waals surface area (Å²) >= 11 is 0. The van der Waals surface area contributed by atoms with Gasteiger partial charge < -0.3 is 15.8 Å². The summed E-state index contributed by atoms with van der Waals surface area (Å²) in [4.78, 5) is 15.9. The highest BCUT2D eigenvalue weighted by atomic mass is 16.4. The standard InChI is InChI=1S/C14H20N4O2/c15-13(16-20)6-7-18-9-8-17(11-14(18)19)10-12-4-2-1-3-5-12/h1-5,20H,6-11H2,(H2,15,16). The summed E-state index contributed by atoms with van der Waals surface area (Å²) < 4.78 is 0. The van der Waals surface area contributed by atoms with Gasteiger partial charge in [-0.25, -0.2) is 0 Å². The van der Waals surface area contributed by atoms with Gasteiger partial charge in [0.05, 0.1) is 6.54 Å². The van der Waals surface area contributed by atoms with Gasteiger partial charge in [-0.1, -0.05) is 35.5 Å². The van der Waals surface area contributed by atoms with Crippen molar-refractivity contribution in [1.82, 2.24) is 9.80 Å². The van der Waals surface area contributed by atoms with Gasteiger partial charge in [-0.3, -0.25) is 9.69 Å². The maximum Gasteiger partial charge on any atom is 0.236 e. The topological polar surface area (TPSA) is 82.2 Å². The molecule has 2 rings (SSSR count). The molecule has 0 atom stereocenters. The van der Waals surface area contributed by atoms with E-state index in [-0.39, 0.29) is 11.7 Å². The Kier molecular flexibility index (Phi) is 4.95. The summed E-state index contributed by atoms with van der Waals surface area (Å²) in [7, 11) is 0. The lowest BCUT2D eigenvalue weighted by molar-refractivity contribution is -0.136. The van der Waals surface area contributed by atoms with Gasteiger partial charge in [0, 0.05) is 32.6 Å². The van der Waals surface area contributed by atoms with E-state index in [4.69, 9.17) is 10.9 Å². The maximum atomic E-state index is 12.0. The van der Waals surface area contributed by atoms with Crippen molar-refractivity contribution in [2.75, 3.05) is 26.2 Å². The molecule has 1 heterocycles. The third kappa shape index (κ3) is 3.96. The van der Waals surface area contributed by atoms with E-state index >= 15 is 0 Å². The van der Waals surface area contributed by atoms with Crippen LogP contribution in [0.15, 0.2) is 35.5 Å². The van der Waals surface area contributed by atoms with Gasteiger partial charge in [0.25, 0.3) is 0 Å². The van der Waals surface area contributed by atoms with Crippen molar-refractivity contribution in [3.8, 4) is 0 Å². The lowest BCUT2D eigenvalue weighted by Gasteiger charge is -2.34. The van der Waals surface area contributed by atoms with Crippen molar-refractivity contribution < 1.29 is 10.0 Å². The minimum Gasteiger partial charge on any atom is -0.409 e. The van der Waals surface area contributed by atoms with Crippen molar-refractivity contribution in [1.29, 1.82) is 0 Å². The molecule has 0 saturated carbocycles. The Morgan fingerprint density at radius 2 is 2.05 bits per heavy atom. The highest BCUT2D eigenvalue weighted by Gasteiger charge is 2.23. The molecular weight excluding hydrogens is 256 g/mol. The summed E-state index contributed by atoms with van der Waals surface area (Å²) in [6.45, 7) is 3.25. The number of hydrogen-bond acceptors (Lipinski definition) is 4. The van der Waals surface area contributed by atoms with Gasteiger partial charge in [0.15, 0.2) is 0 Å². The number of carbonyl (C=O) groups excluding carboxylic acids is 1. The van der Waals surface area contributed by atoms with Crippen LogP contribution in [0.2, 0.25) is 0 Å². The fourth-order valence-electron chi connectivity index (χ4n) is 2.27. The highest BCUT2D eigenvalue weighted by molar-refractivity contribution is 5.82. The van der Waals surface area contributed by atoms with E-state index in [9.17, 15) is 4.79 Å². The molecule has 0 radical (unpaired) electrons. The molecule has 1 aromatic rings. The third-order valence-electron chi connectivity index (χ3n) is 3.41. The van der Waals surface area contributed by atoms with E-state index in [0.29, 0.717) is 26.1 Å². The number of hydrogen-bond donors (Lipinski definition) is 2.